The standard InChI is InChI=1S/C15H10N2S/c16-9-12-14(17)11-7-4-8-13(11)18-15(12)10-5-2-1-3-6-10/h1-8H,17H2. The second kappa shape index (κ2) is 4.17. The van der Waals surface area contributed by atoms with Crippen LogP contribution in [-0.4, -0.2) is 0 Å². The number of nitrogens with zero attached hydrogens (tertiary/aromatic N) is 1. The monoisotopic (exact) mass is 250 g/mol. The summed E-state index contributed by atoms with van der Waals surface area (Å²) in [5.41, 5.74) is 9.25. The first-order valence-corrected chi connectivity index (χ1v) is 6.39. The zero-order valence-corrected chi connectivity index (χ0v) is 10.4. The van der Waals surface area contributed by atoms with Crippen LogP contribution in [0.4, 0.5) is 5.69 Å². The van der Waals surface area contributed by atoms with Gasteiger partial charge >= 0.3 is 0 Å². The first-order chi connectivity index (χ1) is 8.81. The Balaban J connectivity index is 2.37. The highest BCUT2D eigenvalue weighted by Gasteiger charge is 2.17. The molecule has 0 bridgehead atoms. The fourth-order valence-electron chi connectivity index (χ4n) is 2.04. The molecule has 2 aliphatic rings. The van der Waals surface area contributed by atoms with Crippen molar-refractivity contribution < 1.29 is 0 Å². The molecule has 0 atom stereocenters. The van der Waals surface area contributed by atoms with Crippen molar-refractivity contribution in [3.63, 3.8) is 0 Å². The van der Waals surface area contributed by atoms with Crippen LogP contribution in [0.15, 0.2) is 48.5 Å². The third-order valence-electron chi connectivity index (χ3n) is 2.92. The fraction of sp³-hybridized carbons (Fsp3) is 0. The number of fused-ring (bicyclic) bond motifs is 1. The Kier molecular flexibility index (Phi) is 2.51. The molecule has 1 aromatic carbocycles. The van der Waals surface area contributed by atoms with Gasteiger partial charge in [-0.05, 0) is 11.6 Å². The number of hydrogen-bond acceptors (Lipinski definition) is 3. The molecule has 1 aromatic rings. The van der Waals surface area contributed by atoms with Crippen LogP contribution in [0.5, 0.6) is 0 Å². The van der Waals surface area contributed by atoms with Crippen LogP contribution < -0.4 is 5.73 Å². The predicted octanol–water partition coefficient (Wildman–Crippen LogP) is 3.97. The summed E-state index contributed by atoms with van der Waals surface area (Å²) in [7, 11) is 0. The molecule has 0 radical (unpaired) electrons. The fourth-order valence-corrected chi connectivity index (χ4v) is 3.20. The molecule has 0 saturated heterocycles. The second-order valence-electron chi connectivity index (χ2n) is 4.00. The third-order valence-corrected chi connectivity index (χ3v) is 4.14. The number of nitriles is 1. The maximum absolute atomic E-state index is 9.33. The first-order valence-electron chi connectivity index (χ1n) is 5.58. The Morgan fingerprint density at radius 1 is 1.00 bits per heavy atom. The number of hydrogen-bond donors (Lipinski definition) is 1. The van der Waals surface area contributed by atoms with Crippen LogP contribution in [0, 0.1) is 11.3 Å². The molecule has 0 spiro atoms. The van der Waals surface area contributed by atoms with Gasteiger partial charge in [0.05, 0.1) is 16.1 Å². The van der Waals surface area contributed by atoms with Crippen LogP contribution in [0.3, 0.4) is 0 Å². The molecule has 0 unspecified atom stereocenters. The van der Waals surface area contributed by atoms with Gasteiger partial charge in [0.1, 0.15) is 6.07 Å². The molecule has 2 nitrogen and oxygen atoms in total. The Morgan fingerprint density at radius 2 is 1.78 bits per heavy atom. The van der Waals surface area contributed by atoms with Crippen LogP contribution in [0.25, 0.3) is 20.9 Å². The highest BCUT2D eigenvalue weighted by Crippen LogP contribution is 2.42. The lowest BCUT2D eigenvalue weighted by Gasteiger charge is -2.11. The maximum Gasteiger partial charge on any atom is 0.103 e. The van der Waals surface area contributed by atoms with Gasteiger partial charge in [0.15, 0.2) is 0 Å². The smallest absolute Gasteiger partial charge is 0.103 e. The van der Waals surface area contributed by atoms with E-state index in [0.717, 1.165) is 20.9 Å². The molecule has 0 saturated carbocycles. The van der Waals surface area contributed by atoms with E-state index in [2.05, 4.69) is 6.07 Å². The van der Waals surface area contributed by atoms with Gasteiger partial charge in [0, 0.05) is 10.4 Å². The second-order valence-corrected chi connectivity index (χ2v) is 5.05. The van der Waals surface area contributed by atoms with Crippen molar-refractivity contribution in [2.75, 3.05) is 5.73 Å². The lowest BCUT2D eigenvalue weighted by molar-refractivity contribution is 1.50. The highest BCUT2D eigenvalue weighted by atomic mass is 32.1. The van der Waals surface area contributed by atoms with Gasteiger partial charge in [-0.2, -0.15) is 5.26 Å². The van der Waals surface area contributed by atoms with E-state index < -0.39 is 0 Å². The quantitative estimate of drug-likeness (QED) is 0.710. The van der Waals surface area contributed by atoms with E-state index in [-0.39, 0.29) is 0 Å². The van der Waals surface area contributed by atoms with Gasteiger partial charge in [0.2, 0.25) is 0 Å². The zero-order chi connectivity index (χ0) is 12.5. The van der Waals surface area contributed by atoms with Crippen LogP contribution in [0.2, 0.25) is 0 Å². The van der Waals surface area contributed by atoms with Gasteiger partial charge in [-0.1, -0.05) is 42.5 Å². The van der Waals surface area contributed by atoms with Crippen molar-refractivity contribution in [3.05, 3.63) is 54.1 Å². The molecule has 1 aliphatic heterocycles. The first kappa shape index (κ1) is 10.8. The Morgan fingerprint density at radius 3 is 2.50 bits per heavy atom. The van der Waals surface area contributed by atoms with E-state index in [1.165, 1.54) is 0 Å². The normalized spacial score (nSPS) is 10.4. The summed E-state index contributed by atoms with van der Waals surface area (Å²) >= 11 is 1.61. The summed E-state index contributed by atoms with van der Waals surface area (Å²) in [6, 6.07) is 18.1. The molecule has 0 amide bonds. The van der Waals surface area contributed by atoms with E-state index in [1.54, 1.807) is 11.3 Å². The predicted molar refractivity (Wildman–Crippen MR) is 75.5 cm³/mol. The molecule has 86 valence electrons. The van der Waals surface area contributed by atoms with Crippen molar-refractivity contribution in [1.82, 2.24) is 0 Å². The topological polar surface area (TPSA) is 49.8 Å². The molecule has 18 heavy (non-hydrogen) atoms. The molecule has 3 heteroatoms. The van der Waals surface area contributed by atoms with Crippen LogP contribution in [0.1, 0.15) is 5.56 Å². The molecule has 2 N–H and O–H groups in total. The average Bonchev–Trinajstić information content (AvgIpc) is 2.88. The molecule has 0 aromatic heterocycles. The summed E-state index contributed by atoms with van der Waals surface area (Å²) < 4.78 is 0. The molecule has 0 fully saturated rings. The van der Waals surface area contributed by atoms with Crippen molar-refractivity contribution >= 4 is 17.0 Å². The largest absolute Gasteiger partial charge is 0.397 e. The third kappa shape index (κ3) is 1.55. The van der Waals surface area contributed by atoms with Crippen LogP contribution >= 0.6 is 11.3 Å². The lowest BCUT2D eigenvalue weighted by Crippen LogP contribution is -1.95. The van der Waals surface area contributed by atoms with Crippen molar-refractivity contribution in [3.8, 4) is 27.0 Å². The van der Waals surface area contributed by atoms with Gasteiger partial charge in [-0.25, -0.2) is 0 Å². The molecule has 3 rings (SSSR count). The van der Waals surface area contributed by atoms with Gasteiger partial charge in [-0.3, -0.25) is 0 Å². The summed E-state index contributed by atoms with van der Waals surface area (Å²) in [6.45, 7) is 0. The molecule has 1 heterocycles. The Bertz CT molecular complexity index is 707. The van der Waals surface area contributed by atoms with Crippen molar-refractivity contribution in [2.45, 2.75) is 0 Å². The van der Waals surface area contributed by atoms with Crippen LogP contribution in [-0.2, 0) is 0 Å². The van der Waals surface area contributed by atoms with Gasteiger partial charge in [-0.15, -0.1) is 11.3 Å². The summed E-state index contributed by atoms with van der Waals surface area (Å²) in [4.78, 5) is 2.06. The molecular weight excluding hydrogens is 240 g/mol. The summed E-state index contributed by atoms with van der Waals surface area (Å²) in [5, 5.41) is 9.33. The van der Waals surface area contributed by atoms with Gasteiger partial charge in [0.25, 0.3) is 0 Å². The zero-order valence-electron chi connectivity index (χ0n) is 9.55. The number of rotatable bonds is 1. The number of nitrogen functional groups attached to an aromatic ring is 1. The van der Waals surface area contributed by atoms with Crippen molar-refractivity contribution in [2.24, 2.45) is 0 Å². The highest BCUT2D eigenvalue weighted by molar-refractivity contribution is 7.18. The summed E-state index contributed by atoms with van der Waals surface area (Å²) in [6.07, 6.45) is 0. The minimum atomic E-state index is 0.574. The molecule has 1 aliphatic carbocycles. The minimum Gasteiger partial charge on any atom is -0.397 e. The minimum absolute atomic E-state index is 0.574. The summed E-state index contributed by atoms with van der Waals surface area (Å²) in [5.74, 6) is 0. The van der Waals surface area contributed by atoms with Gasteiger partial charge < -0.3 is 5.73 Å². The Labute approximate surface area is 109 Å². The maximum atomic E-state index is 9.33. The number of nitrogens with two attached hydrogens (primary N) is 1. The lowest BCUT2D eigenvalue weighted by atomic mass is 10.1. The van der Waals surface area contributed by atoms with E-state index in [0.29, 0.717) is 11.3 Å². The van der Waals surface area contributed by atoms with E-state index in [4.69, 9.17) is 5.73 Å². The van der Waals surface area contributed by atoms with E-state index in [1.807, 2.05) is 48.5 Å². The molecular formula is C15H10N2S. The average molecular weight is 250 g/mol. The Hall–Kier alpha value is -2.31. The number of anilines is 1. The SMILES string of the molecule is N#Cc1c(-c2ccccc2)sc2cccc-2c1N. The van der Waals surface area contributed by atoms with Crippen molar-refractivity contribution in [1.29, 1.82) is 5.26 Å². The number of benzene rings is 1. The van der Waals surface area contributed by atoms with E-state index >= 15 is 0 Å². The van der Waals surface area contributed by atoms with E-state index in [9.17, 15) is 5.26 Å².